The van der Waals surface area contributed by atoms with Gasteiger partial charge in [-0.1, -0.05) is 0 Å². The molecule has 0 aliphatic heterocycles. The smallest absolute Gasteiger partial charge is 0.0676 e. The molecule has 0 aromatic heterocycles. The summed E-state index contributed by atoms with van der Waals surface area (Å²) < 4.78 is 0. The minimum Gasteiger partial charge on any atom is -0.107 e. The van der Waals surface area contributed by atoms with Crippen LogP contribution in [0.2, 0.25) is 0 Å². The van der Waals surface area contributed by atoms with Gasteiger partial charge in [-0.05, 0) is 0 Å². The lowest BCUT2D eigenvalue weighted by Crippen LogP contribution is -1.67. The van der Waals surface area contributed by atoms with Crippen molar-refractivity contribution >= 4 is 9.52 Å². The molecule has 0 unspecified atom stereocenters. The van der Waals surface area contributed by atoms with E-state index in [1.165, 1.54) is 0 Å². The monoisotopic (exact) mass is 112 g/mol. The first kappa shape index (κ1) is 9.67. The molecule has 0 radical (unpaired) electrons. The maximum absolute atomic E-state index is 3.54. The van der Waals surface area contributed by atoms with Crippen molar-refractivity contribution in [1.82, 2.24) is 0 Å². The van der Waals surface area contributed by atoms with Crippen LogP contribution in [-0.2, 0) is 0 Å². The zero-order valence-corrected chi connectivity index (χ0v) is 6.10. The number of hydrogen-bond acceptors (Lipinski definition) is 0. The summed E-state index contributed by atoms with van der Waals surface area (Å²) in [4.78, 5) is 0. The molecule has 0 aromatic carbocycles. The second kappa shape index (κ2) is 18.0. The Morgan fingerprint density at radius 2 is 1.29 bits per heavy atom. The van der Waals surface area contributed by atoms with E-state index >= 15 is 0 Å². The summed E-state index contributed by atoms with van der Waals surface area (Å²) in [5, 5.41) is 0. The van der Waals surface area contributed by atoms with E-state index in [9.17, 15) is 0 Å². The van der Waals surface area contributed by atoms with Crippen LogP contribution in [0.25, 0.3) is 0 Å². The molecule has 0 N–H and O–H groups in total. The standard InChI is InChI=1S/C4H8Si.C2H4/c1-3-5-4-2;1-2/h3-4H,1-2,5H2;1-2H2. The molecule has 0 heterocycles. The summed E-state index contributed by atoms with van der Waals surface area (Å²) in [6.07, 6.45) is 0. The molecule has 7 heavy (non-hydrogen) atoms. The van der Waals surface area contributed by atoms with Gasteiger partial charge in [0, 0.05) is 0 Å². The molecule has 0 aromatic rings. The summed E-state index contributed by atoms with van der Waals surface area (Å²) in [5.74, 6) is 0. The highest BCUT2D eigenvalue weighted by atomic mass is 28.2. The van der Waals surface area contributed by atoms with Crippen molar-refractivity contribution < 1.29 is 0 Å². The molecule has 0 nitrogen and oxygen atoms in total. The highest BCUT2D eigenvalue weighted by molar-refractivity contribution is 6.47. The molecule has 0 rings (SSSR count). The highest BCUT2D eigenvalue weighted by Gasteiger charge is 1.55. The molecule has 0 atom stereocenters. The largest absolute Gasteiger partial charge is 0.107 e. The van der Waals surface area contributed by atoms with Gasteiger partial charge in [0.25, 0.3) is 0 Å². The van der Waals surface area contributed by atoms with Gasteiger partial charge < -0.3 is 0 Å². The van der Waals surface area contributed by atoms with Crippen molar-refractivity contribution in [1.29, 1.82) is 0 Å². The Balaban J connectivity index is 0. The van der Waals surface area contributed by atoms with Gasteiger partial charge in [0.1, 0.15) is 0 Å². The van der Waals surface area contributed by atoms with E-state index in [-0.39, 0.29) is 9.52 Å². The minimum atomic E-state index is -0.0401. The van der Waals surface area contributed by atoms with Gasteiger partial charge in [0.05, 0.1) is 9.52 Å². The summed E-state index contributed by atoms with van der Waals surface area (Å²) >= 11 is 0. The SMILES string of the molecule is C=C.C=C[SiH2]C=C. The zero-order valence-electron chi connectivity index (χ0n) is 4.69. The maximum Gasteiger partial charge on any atom is 0.0676 e. The van der Waals surface area contributed by atoms with Crippen LogP contribution in [0, 0.1) is 0 Å². The van der Waals surface area contributed by atoms with E-state index in [0.29, 0.717) is 0 Å². The van der Waals surface area contributed by atoms with Crippen LogP contribution in [-0.4, -0.2) is 9.52 Å². The molecule has 0 saturated heterocycles. The van der Waals surface area contributed by atoms with Crippen molar-refractivity contribution in [2.75, 3.05) is 0 Å². The minimum absolute atomic E-state index is 0.0401. The lowest BCUT2D eigenvalue weighted by molar-refractivity contribution is 2.44. The van der Waals surface area contributed by atoms with Gasteiger partial charge in [-0.3, -0.25) is 0 Å². The predicted octanol–water partition coefficient (Wildman–Crippen LogP) is 1.24. The van der Waals surface area contributed by atoms with Gasteiger partial charge in [-0.15, -0.1) is 37.7 Å². The molecular formula is C6H12Si. The van der Waals surface area contributed by atoms with E-state index < -0.39 is 0 Å². The van der Waals surface area contributed by atoms with Crippen molar-refractivity contribution in [3.63, 3.8) is 0 Å². The Bertz CT molecular complexity index is 42.1. The Labute approximate surface area is 48.1 Å². The third-order valence-corrected chi connectivity index (χ3v) is 1.00. The van der Waals surface area contributed by atoms with Crippen LogP contribution in [0.1, 0.15) is 0 Å². The molecule has 0 amide bonds. The fourth-order valence-corrected chi connectivity index (χ4v) is 0.354. The summed E-state index contributed by atoms with van der Waals surface area (Å²) in [7, 11) is -0.0401. The van der Waals surface area contributed by atoms with Crippen LogP contribution in [0.3, 0.4) is 0 Å². The van der Waals surface area contributed by atoms with Gasteiger partial charge in [0.15, 0.2) is 0 Å². The van der Waals surface area contributed by atoms with E-state index in [1.807, 2.05) is 11.4 Å². The maximum atomic E-state index is 3.54. The molecule has 0 aliphatic carbocycles. The normalized spacial score (nSPS) is 5.14. The highest BCUT2D eigenvalue weighted by Crippen LogP contribution is 1.55. The van der Waals surface area contributed by atoms with Crippen LogP contribution in [0.4, 0.5) is 0 Å². The van der Waals surface area contributed by atoms with Gasteiger partial charge in [-0.25, -0.2) is 0 Å². The second-order valence-electron chi connectivity index (χ2n) is 0.813. The summed E-state index contributed by atoms with van der Waals surface area (Å²) in [5.41, 5.74) is 3.90. The summed E-state index contributed by atoms with van der Waals surface area (Å²) in [6.45, 7) is 13.1. The Morgan fingerprint density at radius 1 is 1.00 bits per heavy atom. The van der Waals surface area contributed by atoms with Crippen LogP contribution in [0.15, 0.2) is 37.7 Å². The quantitative estimate of drug-likeness (QED) is 0.372. The van der Waals surface area contributed by atoms with Crippen LogP contribution in [0.5, 0.6) is 0 Å². The van der Waals surface area contributed by atoms with E-state index in [0.717, 1.165) is 0 Å². The van der Waals surface area contributed by atoms with Crippen molar-refractivity contribution in [3.8, 4) is 0 Å². The van der Waals surface area contributed by atoms with Gasteiger partial charge >= 0.3 is 0 Å². The van der Waals surface area contributed by atoms with E-state index in [1.54, 1.807) is 0 Å². The Morgan fingerprint density at radius 3 is 1.29 bits per heavy atom. The Kier molecular flexibility index (Phi) is 24.9. The predicted molar refractivity (Wildman–Crippen MR) is 40.2 cm³/mol. The summed E-state index contributed by atoms with van der Waals surface area (Å²) in [6, 6.07) is 0. The van der Waals surface area contributed by atoms with Crippen LogP contribution >= 0.6 is 0 Å². The zero-order chi connectivity index (χ0) is 6.12. The number of hydrogen-bond donors (Lipinski definition) is 0. The van der Waals surface area contributed by atoms with E-state index in [2.05, 4.69) is 26.3 Å². The van der Waals surface area contributed by atoms with Gasteiger partial charge in [-0.2, -0.15) is 0 Å². The molecule has 0 spiro atoms. The third kappa shape index (κ3) is 31.1. The molecule has 0 fully saturated rings. The topological polar surface area (TPSA) is 0 Å². The molecule has 1 heteroatoms. The fourth-order valence-electron chi connectivity index (χ4n) is 0.118. The second-order valence-corrected chi connectivity index (χ2v) is 2.44. The molecule has 0 saturated carbocycles. The number of rotatable bonds is 2. The fraction of sp³-hybridized carbons (Fsp3) is 0. The molecule has 40 valence electrons. The first-order valence-corrected chi connectivity index (χ1v) is 3.77. The first-order chi connectivity index (χ1) is 3.41. The molecular weight excluding hydrogens is 100 g/mol. The van der Waals surface area contributed by atoms with Gasteiger partial charge in [0.2, 0.25) is 0 Å². The van der Waals surface area contributed by atoms with Crippen molar-refractivity contribution in [2.24, 2.45) is 0 Å². The lowest BCUT2D eigenvalue weighted by Gasteiger charge is -1.62. The van der Waals surface area contributed by atoms with E-state index in [4.69, 9.17) is 0 Å². The molecule has 0 bridgehead atoms. The average Bonchev–Trinajstić information content (AvgIpc) is 1.75. The Hall–Kier alpha value is -0.563. The lowest BCUT2D eigenvalue weighted by atomic mass is 11.2. The first-order valence-electron chi connectivity index (χ1n) is 2.13. The average molecular weight is 112 g/mol. The van der Waals surface area contributed by atoms with Crippen LogP contribution < -0.4 is 0 Å². The molecule has 0 aliphatic rings. The van der Waals surface area contributed by atoms with Crippen molar-refractivity contribution in [3.05, 3.63) is 37.7 Å². The third-order valence-electron chi connectivity index (χ3n) is 0.333. The van der Waals surface area contributed by atoms with Crippen molar-refractivity contribution in [2.45, 2.75) is 0 Å².